The first kappa shape index (κ1) is 22.9. The lowest BCUT2D eigenvalue weighted by atomic mass is 9.81. The van der Waals surface area contributed by atoms with E-state index >= 15 is 0 Å². The lowest BCUT2D eigenvalue weighted by molar-refractivity contribution is -0.139. The molecule has 7 nitrogen and oxygen atoms in total. The minimum Gasteiger partial charge on any atom is -0.426 e. The molecule has 0 spiro atoms. The zero-order chi connectivity index (χ0) is 24.0. The van der Waals surface area contributed by atoms with Gasteiger partial charge in [0.1, 0.15) is 5.75 Å². The molecular formula is C25H22Cl2N2O5. The van der Waals surface area contributed by atoms with Crippen LogP contribution in [0.4, 0.5) is 11.4 Å². The molecule has 9 heteroatoms. The van der Waals surface area contributed by atoms with E-state index in [9.17, 15) is 19.2 Å². The van der Waals surface area contributed by atoms with E-state index in [-0.39, 0.29) is 53.3 Å². The number of imide groups is 1. The quantitative estimate of drug-likeness (QED) is 0.347. The smallest absolute Gasteiger partial charge is 0.316 e. The Morgan fingerprint density at radius 2 is 1.62 bits per heavy atom. The number of rotatable bonds is 4. The SMILES string of the molecule is O=C(Oc1cccc(N2C(=O)[C@H]3CCCC[C@H]3C2=O)c1)[C@H]1CC(=O)N(c2cccc(Cl)c2Cl)C1. The number of esters is 1. The summed E-state index contributed by atoms with van der Waals surface area (Å²) in [6.45, 7) is 0.115. The van der Waals surface area contributed by atoms with Crippen molar-refractivity contribution >= 4 is 58.3 Å². The zero-order valence-electron chi connectivity index (χ0n) is 18.2. The number of halogens is 2. The molecule has 2 aromatic rings. The minimum atomic E-state index is -0.691. The molecule has 0 aromatic heterocycles. The lowest BCUT2D eigenvalue weighted by Gasteiger charge is -2.19. The van der Waals surface area contributed by atoms with Crippen LogP contribution in [-0.4, -0.2) is 30.2 Å². The average Bonchev–Trinajstić information content (AvgIpc) is 3.33. The van der Waals surface area contributed by atoms with E-state index in [2.05, 4.69) is 0 Å². The molecular weight excluding hydrogens is 479 g/mol. The monoisotopic (exact) mass is 500 g/mol. The molecule has 2 aliphatic heterocycles. The fourth-order valence-electron chi connectivity index (χ4n) is 5.10. The van der Waals surface area contributed by atoms with Gasteiger partial charge in [-0.25, -0.2) is 4.90 Å². The van der Waals surface area contributed by atoms with Crippen LogP contribution in [0.3, 0.4) is 0 Å². The van der Waals surface area contributed by atoms with Crippen LogP contribution in [0.25, 0.3) is 0 Å². The number of ether oxygens (including phenoxy) is 1. The Labute approximate surface area is 206 Å². The van der Waals surface area contributed by atoms with Crippen LogP contribution in [-0.2, 0) is 19.2 Å². The van der Waals surface area contributed by atoms with Gasteiger partial charge in [0, 0.05) is 19.0 Å². The van der Waals surface area contributed by atoms with Crippen molar-refractivity contribution in [2.75, 3.05) is 16.3 Å². The van der Waals surface area contributed by atoms with Crippen molar-refractivity contribution in [2.24, 2.45) is 17.8 Å². The molecule has 2 aromatic carbocycles. The van der Waals surface area contributed by atoms with Crippen LogP contribution in [0, 0.1) is 17.8 Å². The van der Waals surface area contributed by atoms with Gasteiger partial charge in [-0.2, -0.15) is 0 Å². The number of carbonyl (C=O) groups excluding carboxylic acids is 4. The van der Waals surface area contributed by atoms with Gasteiger partial charge in [0.2, 0.25) is 17.7 Å². The van der Waals surface area contributed by atoms with Crippen molar-refractivity contribution in [1.82, 2.24) is 0 Å². The van der Waals surface area contributed by atoms with E-state index < -0.39 is 11.9 Å². The molecule has 176 valence electrons. The third kappa shape index (κ3) is 3.97. The van der Waals surface area contributed by atoms with Gasteiger partial charge >= 0.3 is 5.97 Å². The number of anilines is 2. The molecule has 0 unspecified atom stereocenters. The minimum absolute atomic E-state index is 0.0200. The van der Waals surface area contributed by atoms with Crippen LogP contribution < -0.4 is 14.5 Å². The third-order valence-corrected chi connectivity index (χ3v) is 7.62. The standard InChI is InChI=1S/C25H22Cl2N2O5/c26-19-9-4-10-20(22(19)27)28-13-14(11-21(28)30)25(33)34-16-6-3-5-15(12-16)29-23(31)17-7-1-2-8-18(17)24(29)32/h3-6,9-10,12,14,17-18H,1-2,7-8,11,13H2/t14-,17-,18+/m0/s1. The molecule has 3 fully saturated rings. The Balaban J connectivity index is 1.30. The molecule has 3 amide bonds. The van der Waals surface area contributed by atoms with E-state index in [1.54, 1.807) is 36.4 Å². The largest absolute Gasteiger partial charge is 0.426 e. The van der Waals surface area contributed by atoms with Crippen LogP contribution in [0.2, 0.25) is 10.0 Å². The fourth-order valence-corrected chi connectivity index (χ4v) is 5.50. The summed E-state index contributed by atoms with van der Waals surface area (Å²) in [5, 5.41) is 0.570. The number of hydrogen-bond acceptors (Lipinski definition) is 5. The molecule has 0 bridgehead atoms. The number of nitrogens with zero attached hydrogens (tertiary/aromatic N) is 2. The van der Waals surface area contributed by atoms with Gasteiger partial charge < -0.3 is 9.64 Å². The summed E-state index contributed by atoms with van der Waals surface area (Å²) in [4.78, 5) is 53.8. The van der Waals surface area contributed by atoms with E-state index in [0.717, 1.165) is 25.7 Å². The van der Waals surface area contributed by atoms with Gasteiger partial charge in [-0.15, -0.1) is 0 Å². The number of benzene rings is 2. The normalized spacial score (nSPS) is 24.5. The highest BCUT2D eigenvalue weighted by Crippen LogP contribution is 2.41. The summed E-state index contributed by atoms with van der Waals surface area (Å²) in [5.41, 5.74) is 0.841. The van der Waals surface area contributed by atoms with Crippen LogP contribution in [0.5, 0.6) is 5.75 Å². The molecule has 0 radical (unpaired) electrons. The highest BCUT2D eigenvalue weighted by atomic mass is 35.5. The average molecular weight is 501 g/mol. The summed E-state index contributed by atoms with van der Waals surface area (Å²) >= 11 is 12.3. The molecule has 3 atom stereocenters. The number of hydrogen-bond donors (Lipinski definition) is 0. The van der Waals surface area contributed by atoms with E-state index in [0.29, 0.717) is 16.4 Å². The second kappa shape index (κ2) is 9.04. The molecule has 1 saturated carbocycles. The first-order valence-corrected chi connectivity index (χ1v) is 12.0. The summed E-state index contributed by atoms with van der Waals surface area (Å²) in [6, 6.07) is 11.4. The van der Waals surface area contributed by atoms with Crippen LogP contribution >= 0.6 is 23.2 Å². The second-order valence-electron chi connectivity index (χ2n) is 8.91. The Kier molecular flexibility index (Phi) is 6.08. The highest BCUT2D eigenvalue weighted by molar-refractivity contribution is 6.44. The van der Waals surface area contributed by atoms with E-state index in [4.69, 9.17) is 27.9 Å². The number of carbonyl (C=O) groups is 4. The van der Waals surface area contributed by atoms with Crippen LogP contribution in [0.15, 0.2) is 42.5 Å². The highest BCUT2D eigenvalue weighted by Gasteiger charge is 2.48. The van der Waals surface area contributed by atoms with Crippen LogP contribution in [0.1, 0.15) is 32.1 Å². The lowest BCUT2D eigenvalue weighted by Crippen LogP contribution is -2.31. The van der Waals surface area contributed by atoms with E-state index in [1.165, 1.54) is 15.9 Å². The summed E-state index contributed by atoms with van der Waals surface area (Å²) in [6.07, 6.45) is 3.33. The van der Waals surface area contributed by atoms with Crippen molar-refractivity contribution in [3.05, 3.63) is 52.5 Å². The van der Waals surface area contributed by atoms with Crippen molar-refractivity contribution in [3.8, 4) is 5.75 Å². The molecule has 2 saturated heterocycles. The Morgan fingerprint density at radius 1 is 0.941 bits per heavy atom. The molecule has 34 heavy (non-hydrogen) atoms. The summed E-state index contributed by atoms with van der Waals surface area (Å²) in [7, 11) is 0. The zero-order valence-corrected chi connectivity index (χ0v) is 19.7. The number of amides is 3. The Morgan fingerprint density at radius 3 is 2.32 bits per heavy atom. The second-order valence-corrected chi connectivity index (χ2v) is 9.69. The topological polar surface area (TPSA) is 84.0 Å². The molecule has 5 rings (SSSR count). The Bertz CT molecular complexity index is 1180. The molecule has 3 aliphatic rings. The first-order valence-electron chi connectivity index (χ1n) is 11.3. The summed E-state index contributed by atoms with van der Waals surface area (Å²) in [5.74, 6) is -2.20. The van der Waals surface area contributed by atoms with Gasteiger partial charge in [0.15, 0.2) is 0 Å². The predicted octanol–water partition coefficient (Wildman–Crippen LogP) is 4.63. The van der Waals surface area contributed by atoms with Gasteiger partial charge in [0.25, 0.3) is 0 Å². The maximum absolute atomic E-state index is 12.9. The fraction of sp³-hybridized carbons (Fsp3) is 0.360. The maximum atomic E-state index is 12.9. The maximum Gasteiger partial charge on any atom is 0.316 e. The van der Waals surface area contributed by atoms with Gasteiger partial charge in [-0.3, -0.25) is 19.2 Å². The van der Waals surface area contributed by atoms with Crippen molar-refractivity contribution < 1.29 is 23.9 Å². The van der Waals surface area contributed by atoms with E-state index in [1.807, 2.05) is 0 Å². The van der Waals surface area contributed by atoms with Crippen molar-refractivity contribution in [2.45, 2.75) is 32.1 Å². The van der Waals surface area contributed by atoms with Crippen molar-refractivity contribution in [1.29, 1.82) is 0 Å². The number of fused-ring (bicyclic) bond motifs is 1. The Hall–Kier alpha value is -2.90. The third-order valence-electron chi connectivity index (χ3n) is 6.82. The van der Waals surface area contributed by atoms with Gasteiger partial charge in [-0.05, 0) is 37.1 Å². The molecule has 2 heterocycles. The van der Waals surface area contributed by atoms with Gasteiger partial charge in [0.05, 0.1) is 39.2 Å². The predicted molar refractivity (Wildman–Crippen MR) is 127 cm³/mol. The van der Waals surface area contributed by atoms with Gasteiger partial charge in [-0.1, -0.05) is 48.2 Å². The molecule has 1 aliphatic carbocycles. The first-order chi connectivity index (χ1) is 16.3. The van der Waals surface area contributed by atoms with Crippen molar-refractivity contribution in [3.63, 3.8) is 0 Å². The molecule has 0 N–H and O–H groups in total. The summed E-state index contributed by atoms with van der Waals surface area (Å²) < 4.78 is 5.55.